The smallest absolute Gasteiger partial charge is 0.130 e. The fourth-order valence-electron chi connectivity index (χ4n) is 1.48. The lowest BCUT2D eigenvalue weighted by molar-refractivity contribution is 0.472. The van der Waals surface area contributed by atoms with E-state index in [-0.39, 0.29) is 5.75 Å². The highest BCUT2D eigenvalue weighted by Crippen LogP contribution is 2.43. The Labute approximate surface area is 133 Å². The second kappa shape index (κ2) is 5.43. The van der Waals surface area contributed by atoms with Gasteiger partial charge in [0.05, 0.1) is 4.47 Å². The lowest BCUT2D eigenvalue weighted by Gasteiger charge is -2.11. The summed E-state index contributed by atoms with van der Waals surface area (Å²) in [6, 6.07) is 9.38. The summed E-state index contributed by atoms with van der Waals surface area (Å²) >= 11 is 13.8. The van der Waals surface area contributed by atoms with E-state index >= 15 is 0 Å². The Balaban J connectivity index is 2.72. The summed E-state index contributed by atoms with van der Waals surface area (Å²) < 4.78 is 3.56. The minimum Gasteiger partial charge on any atom is -0.507 e. The van der Waals surface area contributed by atoms with Crippen LogP contribution < -0.4 is 0 Å². The minimum atomic E-state index is 0.220. The van der Waals surface area contributed by atoms with Crippen LogP contribution in [-0.4, -0.2) is 5.11 Å². The molecule has 0 amide bonds. The van der Waals surface area contributed by atoms with Crippen molar-refractivity contribution in [2.24, 2.45) is 0 Å². The molecule has 0 heterocycles. The van der Waals surface area contributed by atoms with Crippen LogP contribution >= 0.6 is 63.7 Å². The van der Waals surface area contributed by atoms with E-state index in [0.717, 1.165) is 24.5 Å². The monoisotopic (exact) mass is 482 g/mol. The molecule has 0 aromatic heterocycles. The van der Waals surface area contributed by atoms with E-state index in [1.165, 1.54) is 0 Å². The SMILES string of the molecule is Oc1ccc(Br)c(-c2ccc(Br)cc2Br)c1Br. The number of hydrogen-bond donors (Lipinski definition) is 1. The molecule has 0 saturated carbocycles. The van der Waals surface area contributed by atoms with Crippen LogP contribution in [0.1, 0.15) is 0 Å². The number of aromatic hydroxyl groups is 1. The molecule has 0 spiro atoms. The molecule has 0 aliphatic rings. The molecule has 0 aliphatic heterocycles. The molecule has 0 radical (unpaired) electrons. The van der Waals surface area contributed by atoms with Crippen LogP contribution in [0.4, 0.5) is 0 Å². The molecule has 88 valence electrons. The molecule has 2 aromatic rings. The van der Waals surface area contributed by atoms with Crippen molar-refractivity contribution in [2.45, 2.75) is 0 Å². The molecule has 2 aromatic carbocycles. The van der Waals surface area contributed by atoms with Crippen LogP contribution in [0.2, 0.25) is 0 Å². The predicted molar refractivity (Wildman–Crippen MR) is 84.3 cm³/mol. The Hall–Kier alpha value is 0.160. The van der Waals surface area contributed by atoms with Gasteiger partial charge >= 0.3 is 0 Å². The lowest BCUT2D eigenvalue weighted by Crippen LogP contribution is -1.85. The zero-order valence-corrected chi connectivity index (χ0v) is 14.7. The van der Waals surface area contributed by atoms with Gasteiger partial charge in [-0.15, -0.1) is 0 Å². The average molecular weight is 486 g/mol. The molecule has 2 rings (SSSR count). The molecule has 0 aliphatic carbocycles. The number of phenols is 1. The van der Waals surface area contributed by atoms with Crippen LogP contribution in [0.3, 0.4) is 0 Å². The molecule has 0 unspecified atom stereocenters. The van der Waals surface area contributed by atoms with Crippen LogP contribution in [0.5, 0.6) is 5.75 Å². The van der Waals surface area contributed by atoms with Crippen molar-refractivity contribution >= 4 is 63.7 Å². The van der Waals surface area contributed by atoms with Crippen molar-refractivity contribution in [1.82, 2.24) is 0 Å². The van der Waals surface area contributed by atoms with E-state index in [2.05, 4.69) is 63.7 Å². The van der Waals surface area contributed by atoms with Gasteiger partial charge in [0.25, 0.3) is 0 Å². The summed E-state index contributed by atoms with van der Waals surface area (Å²) in [7, 11) is 0. The molecular formula is C12H6Br4O. The van der Waals surface area contributed by atoms with Gasteiger partial charge in [-0.1, -0.05) is 53.9 Å². The van der Waals surface area contributed by atoms with Gasteiger partial charge in [-0.25, -0.2) is 0 Å². The summed E-state index contributed by atoms with van der Waals surface area (Å²) in [6.07, 6.45) is 0. The first-order chi connectivity index (χ1) is 8.00. The third-order valence-corrected chi connectivity index (χ3v) is 4.88. The number of halogens is 4. The normalized spacial score (nSPS) is 10.6. The van der Waals surface area contributed by atoms with Gasteiger partial charge < -0.3 is 5.11 Å². The van der Waals surface area contributed by atoms with E-state index in [9.17, 15) is 5.11 Å². The first-order valence-electron chi connectivity index (χ1n) is 4.63. The van der Waals surface area contributed by atoms with Gasteiger partial charge in [0, 0.05) is 19.0 Å². The largest absolute Gasteiger partial charge is 0.507 e. The summed E-state index contributed by atoms with van der Waals surface area (Å²) in [5.41, 5.74) is 1.92. The second-order valence-corrected chi connectivity index (χ2v) is 6.80. The standard InChI is InChI=1S/C12H6Br4O/c13-6-1-2-7(9(15)5-6)11-8(14)3-4-10(17)12(11)16/h1-5,17H. The number of rotatable bonds is 1. The van der Waals surface area contributed by atoms with Crippen molar-refractivity contribution < 1.29 is 5.11 Å². The van der Waals surface area contributed by atoms with Gasteiger partial charge in [0.15, 0.2) is 0 Å². The van der Waals surface area contributed by atoms with E-state index in [4.69, 9.17) is 0 Å². The van der Waals surface area contributed by atoms with Crippen LogP contribution in [0.25, 0.3) is 11.1 Å². The highest BCUT2D eigenvalue weighted by atomic mass is 79.9. The predicted octanol–water partition coefficient (Wildman–Crippen LogP) is 6.11. The summed E-state index contributed by atoms with van der Waals surface area (Å²) in [5.74, 6) is 0.220. The molecule has 1 N–H and O–H groups in total. The zero-order valence-electron chi connectivity index (χ0n) is 8.35. The first-order valence-corrected chi connectivity index (χ1v) is 7.80. The summed E-state index contributed by atoms with van der Waals surface area (Å²) in [5, 5.41) is 9.74. The lowest BCUT2D eigenvalue weighted by atomic mass is 10.1. The topological polar surface area (TPSA) is 20.2 Å². The highest BCUT2D eigenvalue weighted by molar-refractivity contribution is 9.11. The van der Waals surface area contributed by atoms with E-state index in [1.54, 1.807) is 6.07 Å². The van der Waals surface area contributed by atoms with Crippen molar-refractivity contribution in [3.05, 3.63) is 48.2 Å². The maximum absolute atomic E-state index is 9.74. The van der Waals surface area contributed by atoms with Crippen molar-refractivity contribution in [1.29, 1.82) is 0 Å². The first kappa shape index (κ1) is 13.6. The maximum Gasteiger partial charge on any atom is 0.130 e. The van der Waals surface area contributed by atoms with Crippen molar-refractivity contribution in [3.63, 3.8) is 0 Å². The Kier molecular flexibility index (Phi) is 4.34. The zero-order chi connectivity index (χ0) is 12.6. The quantitative estimate of drug-likeness (QED) is 0.517. The van der Waals surface area contributed by atoms with Crippen LogP contribution in [0.15, 0.2) is 48.2 Å². The van der Waals surface area contributed by atoms with Crippen LogP contribution in [-0.2, 0) is 0 Å². The molecule has 0 saturated heterocycles. The highest BCUT2D eigenvalue weighted by Gasteiger charge is 2.14. The Morgan fingerprint density at radius 1 is 0.824 bits per heavy atom. The Bertz CT molecular complexity index is 581. The van der Waals surface area contributed by atoms with E-state index in [0.29, 0.717) is 4.47 Å². The molecule has 5 heteroatoms. The van der Waals surface area contributed by atoms with Gasteiger partial charge in [0.1, 0.15) is 5.75 Å². The fraction of sp³-hybridized carbons (Fsp3) is 0. The maximum atomic E-state index is 9.74. The summed E-state index contributed by atoms with van der Waals surface area (Å²) in [6.45, 7) is 0. The molecular weight excluding hydrogens is 480 g/mol. The Morgan fingerprint density at radius 3 is 2.18 bits per heavy atom. The molecule has 0 atom stereocenters. The second-order valence-electron chi connectivity index (χ2n) is 3.38. The summed E-state index contributed by atoms with van der Waals surface area (Å²) in [4.78, 5) is 0. The van der Waals surface area contributed by atoms with Gasteiger partial charge in [-0.3, -0.25) is 0 Å². The van der Waals surface area contributed by atoms with Gasteiger partial charge in [0.2, 0.25) is 0 Å². The van der Waals surface area contributed by atoms with Gasteiger partial charge in [-0.2, -0.15) is 0 Å². The molecule has 0 fully saturated rings. The van der Waals surface area contributed by atoms with E-state index in [1.807, 2.05) is 24.3 Å². The Morgan fingerprint density at radius 2 is 1.53 bits per heavy atom. The minimum absolute atomic E-state index is 0.220. The van der Waals surface area contributed by atoms with Crippen molar-refractivity contribution in [3.8, 4) is 16.9 Å². The number of hydrogen-bond acceptors (Lipinski definition) is 1. The van der Waals surface area contributed by atoms with Crippen LogP contribution in [0, 0.1) is 0 Å². The molecule has 17 heavy (non-hydrogen) atoms. The average Bonchev–Trinajstić information content (AvgIpc) is 2.27. The number of benzene rings is 2. The van der Waals surface area contributed by atoms with Crippen molar-refractivity contribution in [2.75, 3.05) is 0 Å². The third-order valence-electron chi connectivity index (χ3n) is 2.27. The fourth-order valence-corrected chi connectivity index (χ4v) is 4.10. The molecule has 0 bridgehead atoms. The molecule has 1 nitrogen and oxygen atoms in total. The third kappa shape index (κ3) is 2.78. The van der Waals surface area contributed by atoms with E-state index < -0.39 is 0 Å². The number of phenolic OH excluding ortho intramolecular Hbond substituents is 1. The van der Waals surface area contributed by atoms with Gasteiger partial charge in [-0.05, 0) is 45.8 Å².